The van der Waals surface area contributed by atoms with Crippen molar-refractivity contribution in [1.82, 2.24) is 9.97 Å². The summed E-state index contributed by atoms with van der Waals surface area (Å²) in [6, 6.07) is 11.2. The highest BCUT2D eigenvalue weighted by Gasteiger charge is 2.06. The van der Waals surface area contributed by atoms with Gasteiger partial charge in [-0.05, 0) is 24.3 Å². The Kier molecular flexibility index (Phi) is 2.79. The van der Waals surface area contributed by atoms with Crippen LogP contribution in [0.4, 0.5) is 11.6 Å². The normalized spacial score (nSPS) is 9.50. The summed E-state index contributed by atoms with van der Waals surface area (Å²) in [5, 5.41) is 8.80. The first kappa shape index (κ1) is 10.1. The summed E-state index contributed by atoms with van der Waals surface area (Å²) in [4.78, 5) is 10.2. The maximum Gasteiger partial charge on any atom is 0.135 e. The fraction of sp³-hybridized carbons (Fsp3) is 0.0833. The third-order valence-electron chi connectivity index (χ3n) is 2.21. The Balaban J connectivity index is 2.35. The van der Waals surface area contributed by atoms with Crippen LogP contribution in [0.5, 0.6) is 0 Å². The van der Waals surface area contributed by atoms with Gasteiger partial charge in [-0.25, -0.2) is 9.97 Å². The number of anilines is 2. The number of aromatic nitrogens is 2. The van der Waals surface area contributed by atoms with Crippen molar-refractivity contribution < 1.29 is 0 Å². The fourth-order valence-electron chi connectivity index (χ4n) is 1.34. The van der Waals surface area contributed by atoms with E-state index in [2.05, 4.69) is 16.0 Å². The van der Waals surface area contributed by atoms with Gasteiger partial charge in [0, 0.05) is 19.4 Å². The van der Waals surface area contributed by atoms with E-state index < -0.39 is 0 Å². The predicted octanol–water partition coefficient (Wildman–Crippen LogP) is 2.12. The Morgan fingerprint density at radius 1 is 1.12 bits per heavy atom. The molecular weight excluding hydrogens is 200 g/mol. The number of pyridine rings is 2. The number of hydrogen-bond acceptors (Lipinski definition) is 4. The Hall–Kier alpha value is -2.41. The van der Waals surface area contributed by atoms with Gasteiger partial charge in [0.2, 0.25) is 0 Å². The van der Waals surface area contributed by atoms with Crippen molar-refractivity contribution in [2.24, 2.45) is 0 Å². The zero-order valence-electron chi connectivity index (χ0n) is 8.83. The molecule has 0 amide bonds. The highest BCUT2D eigenvalue weighted by Crippen LogP contribution is 2.18. The van der Waals surface area contributed by atoms with Gasteiger partial charge in [-0.3, -0.25) is 0 Å². The molecule has 0 saturated heterocycles. The minimum absolute atomic E-state index is 0.591. The third kappa shape index (κ3) is 1.98. The smallest absolute Gasteiger partial charge is 0.135 e. The molecule has 0 atom stereocenters. The van der Waals surface area contributed by atoms with Crippen LogP contribution in [0.2, 0.25) is 0 Å². The van der Waals surface area contributed by atoms with Gasteiger partial charge in [0.1, 0.15) is 11.6 Å². The molecule has 0 radical (unpaired) electrons. The predicted molar refractivity (Wildman–Crippen MR) is 61.3 cm³/mol. The van der Waals surface area contributed by atoms with E-state index in [0.29, 0.717) is 11.4 Å². The topological polar surface area (TPSA) is 52.8 Å². The third-order valence-corrected chi connectivity index (χ3v) is 2.21. The van der Waals surface area contributed by atoms with Gasteiger partial charge in [-0.1, -0.05) is 6.07 Å². The maximum absolute atomic E-state index is 8.80. The Morgan fingerprint density at radius 2 is 1.94 bits per heavy atom. The van der Waals surface area contributed by atoms with Crippen molar-refractivity contribution in [3.63, 3.8) is 0 Å². The van der Waals surface area contributed by atoms with Gasteiger partial charge < -0.3 is 4.90 Å². The zero-order valence-corrected chi connectivity index (χ0v) is 8.83. The van der Waals surface area contributed by atoms with Gasteiger partial charge in [0.15, 0.2) is 0 Å². The Morgan fingerprint density at radius 3 is 2.62 bits per heavy atom. The molecule has 0 aromatic carbocycles. The highest BCUT2D eigenvalue weighted by molar-refractivity contribution is 5.56. The van der Waals surface area contributed by atoms with Crippen LogP contribution in [0.3, 0.4) is 0 Å². The van der Waals surface area contributed by atoms with E-state index in [1.807, 2.05) is 30.1 Å². The van der Waals surface area contributed by atoms with Crippen LogP contribution in [0.1, 0.15) is 5.56 Å². The quantitative estimate of drug-likeness (QED) is 0.761. The van der Waals surface area contributed by atoms with Crippen LogP contribution in [-0.4, -0.2) is 17.0 Å². The molecule has 0 spiro atoms. The van der Waals surface area contributed by atoms with Crippen LogP contribution < -0.4 is 4.90 Å². The van der Waals surface area contributed by atoms with E-state index in [0.717, 1.165) is 5.82 Å². The Labute approximate surface area is 93.8 Å². The number of hydrogen-bond donors (Lipinski definition) is 0. The molecule has 0 bridgehead atoms. The standard InChI is InChI=1S/C12H10N4/c1-16(11-4-2-3-6-14-11)12-8-10(9-13)5-7-15-12/h2-8H,1H3. The average Bonchev–Trinajstić information content (AvgIpc) is 2.39. The van der Waals surface area contributed by atoms with Crippen LogP contribution in [0, 0.1) is 11.3 Å². The Bertz CT molecular complexity index is 516. The van der Waals surface area contributed by atoms with E-state index in [4.69, 9.17) is 5.26 Å². The van der Waals surface area contributed by atoms with Crippen LogP contribution in [0.15, 0.2) is 42.7 Å². The van der Waals surface area contributed by atoms with Crippen molar-refractivity contribution >= 4 is 11.6 Å². The lowest BCUT2D eigenvalue weighted by Crippen LogP contribution is -2.12. The molecule has 4 heteroatoms. The van der Waals surface area contributed by atoms with E-state index in [-0.39, 0.29) is 0 Å². The van der Waals surface area contributed by atoms with Crippen molar-refractivity contribution in [2.45, 2.75) is 0 Å². The van der Waals surface area contributed by atoms with E-state index >= 15 is 0 Å². The minimum atomic E-state index is 0.591. The molecule has 2 heterocycles. The first-order valence-electron chi connectivity index (χ1n) is 4.82. The van der Waals surface area contributed by atoms with Gasteiger partial charge in [-0.15, -0.1) is 0 Å². The molecule has 16 heavy (non-hydrogen) atoms. The summed E-state index contributed by atoms with van der Waals surface area (Å²) in [5.41, 5.74) is 0.591. The van der Waals surface area contributed by atoms with Crippen molar-refractivity contribution in [2.75, 3.05) is 11.9 Å². The molecule has 0 aliphatic rings. The molecule has 2 aromatic rings. The summed E-state index contributed by atoms with van der Waals surface area (Å²) >= 11 is 0. The molecule has 0 unspecified atom stereocenters. The monoisotopic (exact) mass is 210 g/mol. The lowest BCUT2D eigenvalue weighted by Gasteiger charge is -2.16. The molecule has 2 rings (SSSR count). The molecule has 0 aliphatic heterocycles. The summed E-state index contributed by atoms with van der Waals surface area (Å²) < 4.78 is 0. The molecule has 0 aliphatic carbocycles. The summed E-state index contributed by atoms with van der Waals surface area (Å²) in [5.74, 6) is 1.50. The van der Waals surface area contributed by atoms with Gasteiger partial charge in [0.25, 0.3) is 0 Å². The van der Waals surface area contributed by atoms with Gasteiger partial charge >= 0.3 is 0 Å². The number of nitrogens with zero attached hydrogens (tertiary/aromatic N) is 4. The van der Waals surface area contributed by atoms with Gasteiger partial charge in [-0.2, -0.15) is 5.26 Å². The minimum Gasteiger partial charge on any atom is -0.314 e. The first-order chi connectivity index (χ1) is 7.81. The molecule has 4 nitrogen and oxygen atoms in total. The second kappa shape index (κ2) is 4.41. The summed E-state index contributed by atoms with van der Waals surface area (Å²) in [6.45, 7) is 0. The largest absolute Gasteiger partial charge is 0.314 e. The second-order valence-electron chi connectivity index (χ2n) is 3.26. The van der Waals surface area contributed by atoms with Crippen molar-refractivity contribution in [3.05, 3.63) is 48.3 Å². The molecule has 0 N–H and O–H groups in total. The van der Waals surface area contributed by atoms with Gasteiger partial charge in [0.05, 0.1) is 11.6 Å². The lowest BCUT2D eigenvalue weighted by molar-refractivity contribution is 1.08. The van der Waals surface area contributed by atoms with E-state index in [9.17, 15) is 0 Å². The molecular formula is C12H10N4. The number of nitriles is 1. The first-order valence-corrected chi connectivity index (χ1v) is 4.82. The molecule has 0 saturated carbocycles. The van der Waals surface area contributed by atoms with E-state index in [1.54, 1.807) is 24.5 Å². The number of rotatable bonds is 2. The van der Waals surface area contributed by atoms with Crippen LogP contribution >= 0.6 is 0 Å². The van der Waals surface area contributed by atoms with Crippen LogP contribution in [-0.2, 0) is 0 Å². The van der Waals surface area contributed by atoms with E-state index in [1.165, 1.54) is 0 Å². The maximum atomic E-state index is 8.80. The molecule has 78 valence electrons. The summed E-state index contributed by atoms with van der Waals surface area (Å²) in [7, 11) is 1.87. The average molecular weight is 210 g/mol. The lowest BCUT2D eigenvalue weighted by atomic mass is 10.3. The van der Waals surface area contributed by atoms with Crippen molar-refractivity contribution in [1.29, 1.82) is 5.26 Å². The summed E-state index contributed by atoms with van der Waals surface area (Å²) in [6.07, 6.45) is 3.34. The SMILES string of the molecule is CN(c1ccccn1)c1cc(C#N)ccn1. The van der Waals surface area contributed by atoms with Crippen molar-refractivity contribution in [3.8, 4) is 6.07 Å². The molecule has 0 fully saturated rings. The second-order valence-corrected chi connectivity index (χ2v) is 3.26. The highest BCUT2D eigenvalue weighted by atomic mass is 15.2. The molecule has 2 aromatic heterocycles. The zero-order chi connectivity index (χ0) is 11.4. The fourth-order valence-corrected chi connectivity index (χ4v) is 1.34. The van der Waals surface area contributed by atoms with Crippen LogP contribution in [0.25, 0.3) is 0 Å².